The molecule has 2 fully saturated rings. The molecule has 0 spiro atoms. The zero-order valence-electron chi connectivity index (χ0n) is 25.9. The summed E-state index contributed by atoms with van der Waals surface area (Å²) in [6.07, 6.45) is -1.88. The monoisotopic (exact) mass is 660 g/mol. The molecule has 248 valence electrons. The van der Waals surface area contributed by atoms with Gasteiger partial charge in [0.1, 0.15) is 23.4 Å². The number of ether oxygens (including phenoxy) is 3. The molecule has 1 unspecified atom stereocenters. The van der Waals surface area contributed by atoms with Gasteiger partial charge < -0.3 is 39.7 Å². The zero-order chi connectivity index (χ0) is 33.6. The number of amides is 4. The second-order valence-corrected chi connectivity index (χ2v) is 12.8. The average molecular weight is 661 g/mol. The van der Waals surface area contributed by atoms with Gasteiger partial charge in [0, 0.05) is 11.9 Å². The quantitative estimate of drug-likeness (QED) is 0.139. The Morgan fingerprint density at radius 1 is 1.17 bits per heavy atom. The molecule has 2 aliphatic heterocycles. The number of carbonyl (C=O) groups is 5. The van der Waals surface area contributed by atoms with Crippen molar-refractivity contribution in [2.45, 2.75) is 70.6 Å². The predicted molar refractivity (Wildman–Crippen MR) is 163 cm³/mol. The van der Waals surface area contributed by atoms with Crippen molar-refractivity contribution >= 4 is 52.2 Å². The van der Waals surface area contributed by atoms with E-state index >= 15 is 0 Å². The third kappa shape index (κ3) is 9.13. The standard InChI is InChI=1S/C29H36N6O10S/c1-28(2,3)44-26(40)33-25-31-19(15-46-25)21(34-45-29(4,5)24(38)39)23(37)32-20-18(30-22(20)36)12-35-11-17(43-27(35)41)14-42-13-16-9-7-6-8-10-16/h6-10,15,17-18,20H,11-14H2,1-5H3,(H,30,36)(H,32,37)(H,38,39)(H,31,33,40)/t17?,18-,20+/m1/s1. The van der Waals surface area contributed by atoms with Crippen molar-refractivity contribution in [2.24, 2.45) is 5.16 Å². The van der Waals surface area contributed by atoms with Gasteiger partial charge in [-0.1, -0.05) is 35.5 Å². The first-order chi connectivity index (χ1) is 21.6. The van der Waals surface area contributed by atoms with Crippen LogP contribution in [0.1, 0.15) is 45.9 Å². The Kier molecular flexibility index (Phi) is 10.5. The number of rotatable bonds is 13. The van der Waals surface area contributed by atoms with Crippen LogP contribution in [-0.4, -0.2) is 99.8 Å². The minimum absolute atomic E-state index is 0.0420. The van der Waals surface area contributed by atoms with Gasteiger partial charge in [0.15, 0.2) is 10.8 Å². The van der Waals surface area contributed by atoms with Crippen LogP contribution in [0.5, 0.6) is 0 Å². The summed E-state index contributed by atoms with van der Waals surface area (Å²) in [6, 6.07) is 7.81. The van der Waals surface area contributed by atoms with Crippen molar-refractivity contribution in [3.8, 4) is 0 Å². The third-order valence-electron chi connectivity index (χ3n) is 6.53. The molecule has 4 N–H and O–H groups in total. The molecule has 0 saturated carbocycles. The first kappa shape index (κ1) is 34.1. The minimum atomic E-state index is -1.81. The lowest BCUT2D eigenvalue weighted by Crippen LogP contribution is -2.72. The highest BCUT2D eigenvalue weighted by atomic mass is 32.1. The number of carboxylic acids is 1. The first-order valence-corrected chi connectivity index (χ1v) is 15.1. The number of nitrogens with one attached hydrogen (secondary N) is 3. The van der Waals surface area contributed by atoms with Gasteiger partial charge in [-0.05, 0) is 40.2 Å². The van der Waals surface area contributed by atoms with Crippen molar-refractivity contribution < 1.29 is 48.1 Å². The third-order valence-corrected chi connectivity index (χ3v) is 7.29. The van der Waals surface area contributed by atoms with E-state index < -0.39 is 65.1 Å². The van der Waals surface area contributed by atoms with Crippen LogP contribution in [0, 0.1) is 0 Å². The zero-order valence-corrected chi connectivity index (χ0v) is 26.7. The summed E-state index contributed by atoms with van der Waals surface area (Å²) in [5, 5.41) is 22.3. The second-order valence-electron chi connectivity index (χ2n) is 12.0. The number of oxime groups is 1. The van der Waals surface area contributed by atoms with Crippen LogP contribution >= 0.6 is 11.3 Å². The molecule has 2 aliphatic rings. The normalized spacial score (nSPS) is 19.9. The van der Waals surface area contributed by atoms with E-state index in [2.05, 4.69) is 26.1 Å². The molecule has 2 aromatic rings. The van der Waals surface area contributed by atoms with Crippen molar-refractivity contribution in [2.75, 3.05) is 25.0 Å². The van der Waals surface area contributed by atoms with Crippen LogP contribution < -0.4 is 16.0 Å². The summed E-state index contributed by atoms with van der Waals surface area (Å²) >= 11 is 0.952. The Bertz CT molecular complexity index is 1490. The first-order valence-electron chi connectivity index (χ1n) is 14.3. The number of aliphatic carboxylic acids is 1. The van der Waals surface area contributed by atoms with E-state index in [9.17, 15) is 29.1 Å². The molecule has 3 heterocycles. The number of nitrogens with zero attached hydrogens (tertiary/aromatic N) is 3. The molecule has 1 aromatic heterocycles. The maximum absolute atomic E-state index is 13.4. The van der Waals surface area contributed by atoms with Crippen LogP contribution in [0.2, 0.25) is 0 Å². The number of hydrogen-bond acceptors (Lipinski definition) is 12. The fourth-order valence-electron chi connectivity index (χ4n) is 4.13. The topological polar surface area (TPSA) is 207 Å². The number of anilines is 1. The van der Waals surface area contributed by atoms with E-state index in [-0.39, 0.29) is 30.5 Å². The summed E-state index contributed by atoms with van der Waals surface area (Å²) in [4.78, 5) is 72.9. The van der Waals surface area contributed by atoms with Crippen LogP contribution in [0.15, 0.2) is 40.9 Å². The van der Waals surface area contributed by atoms with Gasteiger partial charge in [-0.15, -0.1) is 11.3 Å². The Morgan fingerprint density at radius 3 is 2.54 bits per heavy atom. The number of β-lactam (4-membered cyclic amide) rings is 1. The van der Waals surface area contributed by atoms with E-state index in [1.807, 2.05) is 30.3 Å². The van der Waals surface area contributed by atoms with Gasteiger partial charge in [-0.2, -0.15) is 0 Å². The molecule has 0 bridgehead atoms. The van der Waals surface area contributed by atoms with Gasteiger partial charge in [0.05, 0.1) is 25.8 Å². The summed E-state index contributed by atoms with van der Waals surface area (Å²) in [5.41, 5.74) is -2.11. The van der Waals surface area contributed by atoms with E-state index in [1.165, 1.54) is 24.1 Å². The highest BCUT2D eigenvalue weighted by molar-refractivity contribution is 7.14. The fraction of sp³-hybridized carbons (Fsp3) is 0.483. The number of cyclic esters (lactones) is 1. The molecule has 4 rings (SSSR count). The number of hydrogen-bond donors (Lipinski definition) is 4. The fourth-order valence-corrected chi connectivity index (χ4v) is 4.81. The Labute approximate surface area is 268 Å². The van der Waals surface area contributed by atoms with Gasteiger partial charge in [0.25, 0.3) is 5.91 Å². The summed E-state index contributed by atoms with van der Waals surface area (Å²) in [7, 11) is 0. The SMILES string of the molecule is CC(C)(C)OC(=O)Nc1nc(C(=NOC(C)(C)C(=O)O)C(=O)N[C@@H]2C(=O)N[C@@H]2CN2CC(COCc3ccccc3)OC2=O)cs1. The average Bonchev–Trinajstić information content (AvgIpc) is 3.56. The van der Waals surface area contributed by atoms with E-state index in [0.717, 1.165) is 16.9 Å². The van der Waals surface area contributed by atoms with Crippen LogP contribution in [0.25, 0.3) is 0 Å². The molecule has 3 atom stereocenters. The predicted octanol–water partition coefficient (Wildman–Crippen LogP) is 2.09. The number of carboxylic acid groups (broad SMARTS) is 1. The van der Waals surface area contributed by atoms with Crippen LogP contribution in [-0.2, 0) is 40.0 Å². The maximum Gasteiger partial charge on any atom is 0.413 e. The molecular formula is C29H36N6O10S. The van der Waals surface area contributed by atoms with Gasteiger partial charge in [-0.25, -0.2) is 19.4 Å². The molecule has 0 aliphatic carbocycles. The summed E-state index contributed by atoms with van der Waals surface area (Å²) in [5.74, 6) is -2.76. The number of carbonyl (C=O) groups excluding carboxylic acids is 4. The highest BCUT2D eigenvalue weighted by Crippen LogP contribution is 2.21. The lowest BCUT2D eigenvalue weighted by Gasteiger charge is -2.38. The summed E-state index contributed by atoms with van der Waals surface area (Å²) in [6.45, 7) is 8.33. The number of thiazole rings is 1. The maximum atomic E-state index is 13.4. The molecule has 46 heavy (non-hydrogen) atoms. The van der Waals surface area contributed by atoms with E-state index in [4.69, 9.17) is 19.0 Å². The Morgan fingerprint density at radius 2 is 1.89 bits per heavy atom. The molecule has 2 saturated heterocycles. The van der Waals surface area contributed by atoms with E-state index in [0.29, 0.717) is 6.61 Å². The van der Waals surface area contributed by atoms with Crippen LogP contribution in [0.4, 0.5) is 14.7 Å². The smallest absolute Gasteiger partial charge is 0.413 e. The van der Waals surface area contributed by atoms with Crippen molar-refractivity contribution in [1.82, 2.24) is 20.5 Å². The van der Waals surface area contributed by atoms with Gasteiger partial charge >= 0.3 is 18.2 Å². The molecule has 16 nitrogen and oxygen atoms in total. The molecule has 0 radical (unpaired) electrons. The summed E-state index contributed by atoms with van der Waals surface area (Å²) < 4.78 is 16.3. The van der Waals surface area contributed by atoms with Gasteiger partial charge in [0.2, 0.25) is 11.5 Å². The van der Waals surface area contributed by atoms with Crippen molar-refractivity contribution in [3.63, 3.8) is 0 Å². The molecule has 17 heteroatoms. The van der Waals surface area contributed by atoms with Crippen molar-refractivity contribution in [3.05, 3.63) is 47.0 Å². The van der Waals surface area contributed by atoms with Crippen LogP contribution in [0.3, 0.4) is 0 Å². The van der Waals surface area contributed by atoms with Crippen molar-refractivity contribution in [1.29, 1.82) is 0 Å². The van der Waals surface area contributed by atoms with Gasteiger partial charge in [-0.3, -0.25) is 14.9 Å². The molecule has 4 amide bonds. The lowest BCUT2D eigenvalue weighted by atomic mass is 9.98. The molecular weight excluding hydrogens is 624 g/mol. The van der Waals surface area contributed by atoms with E-state index in [1.54, 1.807) is 20.8 Å². The second kappa shape index (κ2) is 14.1. The Balaban J connectivity index is 1.39. The largest absolute Gasteiger partial charge is 0.478 e. The Hall–Kier alpha value is -4.77. The molecule has 1 aromatic carbocycles. The number of benzene rings is 1. The number of aromatic nitrogens is 1. The lowest BCUT2D eigenvalue weighted by molar-refractivity contribution is -0.161. The highest BCUT2D eigenvalue weighted by Gasteiger charge is 2.45. The minimum Gasteiger partial charge on any atom is -0.478 e.